The maximum Gasteiger partial charge on any atom is 0.134 e. The number of hydrogen-bond acceptors (Lipinski definition) is 3. The van der Waals surface area contributed by atoms with Gasteiger partial charge in [-0.05, 0) is 30.0 Å². The molecular weight excluding hydrogens is 240 g/mol. The summed E-state index contributed by atoms with van der Waals surface area (Å²) in [5.41, 5.74) is 2.57. The van der Waals surface area contributed by atoms with Crippen molar-refractivity contribution in [2.24, 2.45) is 0 Å². The first-order valence-electron chi connectivity index (χ1n) is 5.94. The number of thiophene rings is 1. The van der Waals surface area contributed by atoms with E-state index < -0.39 is 0 Å². The molecule has 18 heavy (non-hydrogen) atoms. The Bertz CT molecular complexity index is 673. The van der Waals surface area contributed by atoms with Crippen LogP contribution in [0.4, 0.5) is 5.82 Å². The summed E-state index contributed by atoms with van der Waals surface area (Å²) in [6, 6.07) is 12.7. The Labute approximate surface area is 110 Å². The van der Waals surface area contributed by atoms with Gasteiger partial charge in [0, 0.05) is 22.8 Å². The number of hydrogen-bond donors (Lipinski definition) is 1. The van der Waals surface area contributed by atoms with E-state index in [-0.39, 0.29) is 0 Å². The van der Waals surface area contributed by atoms with E-state index in [0.29, 0.717) is 0 Å². The van der Waals surface area contributed by atoms with Gasteiger partial charge in [-0.15, -0.1) is 11.3 Å². The molecule has 2 nitrogen and oxygen atoms in total. The standard InChI is InChI=1S/C15H14N2S/c1-11-3-2-4-12(9-11)10-17-15-13-6-8-18-14(13)5-7-16-15/h2-9H,10H2,1H3,(H,16,17). The van der Waals surface area contributed by atoms with Gasteiger partial charge in [0.1, 0.15) is 5.82 Å². The fourth-order valence-corrected chi connectivity index (χ4v) is 2.83. The van der Waals surface area contributed by atoms with E-state index in [9.17, 15) is 0 Å². The molecule has 0 amide bonds. The molecule has 0 bridgehead atoms. The van der Waals surface area contributed by atoms with E-state index >= 15 is 0 Å². The lowest BCUT2D eigenvalue weighted by molar-refractivity contribution is 1.12. The van der Waals surface area contributed by atoms with Gasteiger partial charge in [-0.25, -0.2) is 4.98 Å². The highest BCUT2D eigenvalue weighted by Gasteiger charge is 2.02. The Kier molecular flexibility index (Phi) is 2.99. The van der Waals surface area contributed by atoms with Crippen LogP contribution < -0.4 is 5.32 Å². The number of rotatable bonds is 3. The summed E-state index contributed by atoms with van der Waals surface area (Å²) in [5, 5.41) is 6.72. The van der Waals surface area contributed by atoms with Crippen LogP contribution in [0.3, 0.4) is 0 Å². The van der Waals surface area contributed by atoms with Crippen molar-refractivity contribution in [3.05, 3.63) is 59.1 Å². The van der Waals surface area contributed by atoms with Crippen molar-refractivity contribution in [2.75, 3.05) is 5.32 Å². The van der Waals surface area contributed by atoms with Gasteiger partial charge < -0.3 is 5.32 Å². The van der Waals surface area contributed by atoms with Gasteiger partial charge in [0.15, 0.2) is 0 Å². The van der Waals surface area contributed by atoms with Gasteiger partial charge in [-0.2, -0.15) is 0 Å². The molecule has 0 aliphatic heterocycles. The van der Waals surface area contributed by atoms with Crippen LogP contribution in [-0.2, 0) is 6.54 Å². The van der Waals surface area contributed by atoms with Crippen molar-refractivity contribution in [1.82, 2.24) is 4.98 Å². The first-order chi connectivity index (χ1) is 8.83. The van der Waals surface area contributed by atoms with Gasteiger partial charge in [0.25, 0.3) is 0 Å². The molecule has 0 unspecified atom stereocenters. The molecule has 0 spiro atoms. The van der Waals surface area contributed by atoms with Crippen molar-refractivity contribution in [1.29, 1.82) is 0 Å². The molecule has 0 fully saturated rings. The Morgan fingerprint density at radius 2 is 2.17 bits per heavy atom. The average Bonchev–Trinajstić information content (AvgIpc) is 2.85. The molecule has 0 atom stereocenters. The number of nitrogens with one attached hydrogen (secondary N) is 1. The first kappa shape index (κ1) is 11.2. The zero-order valence-corrected chi connectivity index (χ0v) is 11.0. The molecular formula is C15H14N2S. The summed E-state index contributed by atoms with van der Waals surface area (Å²) in [7, 11) is 0. The van der Waals surface area contributed by atoms with Gasteiger partial charge in [0.05, 0.1) is 0 Å². The molecule has 90 valence electrons. The van der Waals surface area contributed by atoms with Crippen LogP contribution in [0.15, 0.2) is 48.0 Å². The molecule has 1 N–H and O–H groups in total. The highest BCUT2D eigenvalue weighted by molar-refractivity contribution is 7.17. The maximum absolute atomic E-state index is 4.41. The van der Waals surface area contributed by atoms with E-state index in [1.165, 1.54) is 21.2 Å². The number of aryl methyl sites for hydroxylation is 1. The summed E-state index contributed by atoms with van der Waals surface area (Å²) in [5.74, 6) is 0.968. The second-order valence-electron chi connectivity index (χ2n) is 4.33. The lowest BCUT2D eigenvalue weighted by atomic mass is 10.1. The fourth-order valence-electron chi connectivity index (χ4n) is 2.04. The normalized spacial score (nSPS) is 10.7. The first-order valence-corrected chi connectivity index (χ1v) is 6.82. The third-order valence-corrected chi connectivity index (χ3v) is 3.80. The second kappa shape index (κ2) is 4.78. The highest BCUT2D eigenvalue weighted by atomic mass is 32.1. The molecule has 3 aromatic rings. The van der Waals surface area contributed by atoms with Gasteiger partial charge in [0.2, 0.25) is 0 Å². The molecule has 0 radical (unpaired) electrons. The van der Waals surface area contributed by atoms with Crippen molar-refractivity contribution in [3.8, 4) is 0 Å². The van der Waals surface area contributed by atoms with E-state index in [1.54, 1.807) is 11.3 Å². The molecule has 0 saturated carbocycles. The summed E-state index contributed by atoms with van der Waals surface area (Å²) < 4.78 is 1.27. The molecule has 0 aliphatic carbocycles. The van der Waals surface area contributed by atoms with Crippen LogP contribution in [0.5, 0.6) is 0 Å². The van der Waals surface area contributed by atoms with E-state index in [1.807, 2.05) is 6.20 Å². The zero-order valence-electron chi connectivity index (χ0n) is 10.2. The number of aromatic nitrogens is 1. The maximum atomic E-state index is 4.41. The number of pyridine rings is 1. The Morgan fingerprint density at radius 1 is 1.22 bits per heavy atom. The fraction of sp³-hybridized carbons (Fsp3) is 0.133. The van der Waals surface area contributed by atoms with Crippen molar-refractivity contribution in [2.45, 2.75) is 13.5 Å². The Balaban J connectivity index is 1.83. The number of fused-ring (bicyclic) bond motifs is 1. The van der Waals surface area contributed by atoms with E-state index in [0.717, 1.165) is 12.4 Å². The van der Waals surface area contributed by atoms with Crippen LogP contribution >= 0.6 is 11.3 Å². The van der Waals surface area contributed by atoms with Crippen molar-refractivity contribution < 1.29 is 0 Å². The predicted octanol–water partition coefficient (Wildman–Crippen LogP) is 4.22. The minimum absolute atomic E-state index is 0.809. The quantitative estimate of drug-likeness (QED) is 0.757. The van der Waals surface area contributed by atoms with Crippen LogP contribution in [0.25, 0.3) is 10.1 Å². The number of anilines is 1. The largest absolute Gasteiger partial charge is 0.365 e. The second-order valence-corrected chi connectivity index (χ2v) is 5.28. The van der Waals surface area contributed by atoms with E-state index in [2.05, 4.69) is 59.0 Å². The Morgan fingerprint density at radius 3 is 3.06 bits per heavy atom. The molecule has 2 heterocycles. The van der Waals surface area contributed by atoms with Gasteiger partial charge in [-0.1, -0.05) is 29.8 Å². The molecule has 3 rings (SSSR count). The summed E-state index contributed by atoms with van der Waals surface area (Å²) in [4.78, 5) is 4.41. The van der Waals surface area contributed by atoms with Gasteiger partial charge in [-0.3, -0.25) is 0 Å². The van der Waals surface area contributed by atoms with Crippen molar-refractivity contribution in [3.63, 3.8) is 0 Å². The molecule has 2 aromatic heterocycles. The number of benzene rings is 1. The lowest BCUT2D eigenvalue weighted by Crippen LogP contribution is -2.01. The van der Waals surface area contributed by atoms with Crippen LogP contribution in [-0.4, -0.2) is 4.98 Å². The highest BCUT2D eigenvalue weighted by Crippen LogP contribution is 2.26. The molecule has 0 saturated heterocycles. The molecule has 0 aliphatic rings. The van der Waals surface area contributed by atoms with E-state index in [4.69, 9.17) is 0 Å². The average molecular weight is 254 g/mol. The Hall–Kier alpha value is -1.87. The summed E-state index contributed by atoms with van der Waals surface area (Å²) >= 11 is 1.75. The zero-order chi connectivity index (χ0) is 12.4. The van der Waals surface area contributed by atoms with Crippen molar-refractivity contribution >= 4 is 27.2 Å². The minimum Gasteiger partial charge on any atom is -0.365 e. The van der Waals surface area contributed by atoms with Gasteiger partial charge >= 0.3 is 0 Å². The third kappa shape index (κ3) is 2.22. The molecule has 3 heteroatoms. The van der Waals surface area contributed by atoms with Crippen LogP contribution in [0, 0.1) is 6.92 Å². The van der Waals surface area contributed by atoms with Crippen LogP contribution in [0.2, 0.25) is 0 Å². The molecule has 1 aromatic carbocycles. The number of nitrogens with zero attached hydrogens (tertiary/aromatic N) is 1. The SMILES string of the molecule is Cc1cccc(CNc2nccc3sccc23)c1. The summed E-state index contributed by atoms with van der Waals surface area (Å²) in [6.07, 6.45) is 1.86. The lowest BCUT2D eigenvalue weighted by Gasteiger charge is -2.07. The van der Waals surface area contributed by atoms with Crippen LogP contribution in [0.1, 0.15) is 11.1 Å². The minimum atomic E-state index is 0.809. The summed E-state index contributed by atoms with van der Waals surface area (Å²) in [6.45, 7) is 2.92. The topological polar surface area (TPSA) is 24.9 Å². The predicted molar refractivity (Wildman–Crippen MR) is 78.1 cm³/mol. The monoisotopic (exact) mass is 254 g/mol. The third-order valence-electron chi connectivity index (χ3n) is 2.92. The smallest absolute Gasteiger partial charge is 0.134 e.